The van der Waals surface area contributed by atoms with Crippen LogP contribution < -0.4 is 11.1 Å². The Hall–Kier alpha value is -2.00. The molecule has 2 heterocycles. The van der Waals surface area contributed by atoms with Gasteiger partial charge in [-0.1, -0.05) is 12.2 Å². The van der Waals surface area contributed by atoms with Gasteiger partial charge in [-0.3, -0.25) is 4.57 Å². The second-order valence-corrected chi connectivity index (χ2v) is 8.23. The number of rotatable bonds is 5. The summed E-state index contributed by atoms with van der Waals surface area (Å²) in [5, 5.41) is 13.1. The van der Waals surface area contributed by atoms with E-state index in [-0.39, 0.29) is 12.0 Å². The van der Waals surface area contributed by atoms with Crippen LogP contribution in [-0.4, -0.2) is 46.3 Å². The summed E-state index contributed by atoms with van der Waals surface area (Å²) in [4.78, 5) is 31.2. The van der Waals surface area contributed by atoms with E-state index in [4.69, 9.17) is 15.5 Å². The van der Waals surface area contributed by atoms with Crippen LogP contribution >= 0.6 is 7.60 Å². The number of aliphatic hydroxyl groups is 1. The monoisotopic (exact) mass is 366 g/mol. The number of nitrogens with zero attached hydrogens (tertiary/aromatic N) is 4. The summed E-state index contributed by atoms with van der Waals surface area (Å²) < 4.78 is 13.1. The molecule has 0 radical (unpaired) electrons. The topological polar surface area (TPSA) is 159 Å². The first kappa shape index (κ1) is 16.5. The van der Waals surface area contributed by atoms with Crippen molar-refractivity contribution in [3.05, 3.63) is 18.5 Å². The van der Waals surface area contributed by atoms with Crippen LogP contribution in [0, 0.1) is 5.92 Å². The normalized spacial score (nSPS) is 24.8. The Balaban J connectivity index is 1.63. The molecule has 2 aliphatic carbocycles. The minimum atomic E-state index is -4.56. The molecule has 1 saturated carbocycles. The zero-order chi connectivity index (χ0) is 17.8. The molecule has 0 spiro atoms. The average molecular weight is 366 g/mol. The summed E-state index contributed by atoms with van der Waals surface area (Å²) in [5.74, 6) is -1.62. The van der Waals surface area contributed by atoms with Crippen molar-refractivity contribution in [1.82, 2.24) is 19.5 Å². The van der Waals surface area contributed by atoms with Crippen molar-refractivity contribution in [3.63, 3.8) is 0 Å². The number of imidazole rings is 1. The number of anilines is 2. The van der Waals surface area contributed by atoms with E-state index in [1.54, 1.807) is 23.0 Å². The highest BCUT2D eigenvalue weighted by Crippen LogP contribution is 2.47. The van der Waals surface area contributed by atoms with Crippen molar-refractivity contribution >= 4 is 30.5 Å². The van der Waals surface area contributed by atoms with Gasteiger partial charge in [-0.05, 0) is 19.3 Å². The van der Waals surface area contributed by atoms with Crippen LogP contribution in [0.15, 0.2) is 18.5 Å². The van der Waals surface area contributed by atoms with Crippen LogP contribution in [0.1, 0.15) is 25.3 Å². The van der Waals surface area contributed by atoms with Crippen LogP contribution in [-0.2, 0) is 4.57 Å². The zero-order valence-corrected chi connectivity index (χ0v) is 14.1. The Labute approximate surface area is 143 Å². The van der Waals surface area contributed by atoms with E-state index in [2.05, 4.69) is 20.3 Å². The third-order valence-corrected chi connectivity index (χ3v) is 5.61. The highest BCUT2D eigenvalue weighted by Gasteiger charge is 2.37. The molecule has 6 N–H and O–H groups in total. The first-order valence-electron chi connectivity index (χ1n) is 8.01. The second-order valence-electron chi connectivity index (χ2n) is 6.53. The zero-order valence-electron chi connectivity index (χ0n) is 13.2. The Bertz CT molecular complexity index is 889. The van der Waals surface area contributed by atoms with E-state index in [1.807, 2.05) is 0 Å². The highest BCUT2D eigenvalue weighted by molar-refractivity contribution is 7.52. The molecular formula is C14H19N6O4P. The van der Waals surface area contributed by atoms with E-state index < -0.39 is 19.4 Å². The average Bonchev–Trinajstić information content (AvgIpc) is 3.06. The third kappa shape index (κ3) is 3.13. The lowest BCUT2D eigenvalue weighted by Crippen LogP contribution is -2.18. The molecule has 0 saturated heterocycles. The lowest BCUT2D eigenvalue weighted by Gasteiger charge is -2.19. The van der Waals surface area contributed by atoms with Gasteiger partial charge in [0.2, 0.25) is 5.95 Å². The highest BCUT2D eigenvalue weighted by atomic mass is 31.2. The maximum absolute atomic E-state index is 11.3. The molecule has 0 bridgehead atoms. The first-order valence-corrected chi connectivity index (χ1v) is 9.69. The summed E-state index contributed by atoms with van der Waals surface area (Å²) in [5.41, 5.74) is 6.97. The van der Waals surface area contributed by atoms with Crippen LogP contribution in [0.25, 0.3) is 11.2 Å². The summed E-state index contributed by atoms with van der Waals surface area (Å²) in [7, 11) is -4.56. The van der Waals surface area contributed by atoms with Gasteiger partial charge in [-0.15, -0.1) is 0 Å². The molecule has 10 nitrogen and oxygen atoms in total. The fraction of sp³-hybridized carbons (Fsp3) is 0.500. The molecule has 0 amide bonds. The van der Waals surface area contributed by atoms with E-state index in [0.717, 1.165) is 12.8 Å². The van der Waals surface area contributed by atoms with E-state index in [0.29, 0.717) is 29.4 Å². The first-order chi connectivity index (χ1) is 11.8. The van der Waals surface area contributed by atoms with Gasteiger partial charge in [0.05, 0.1) is 12.4 Å². The van der Waals surface area contributed by atoms with Crippen molar-refractivity contribution in [1.29, 1.82) is 0 Å². The lowest BCUT2D eigenvalue weighted by molar-refractivity contribution is 0.160. The molecule has 0 aliphatic heterocycles. The van der Waals surface area contributed by atoms with Crippen molar-refractivity contribution in [3.8, 4) is 0 Å². The van der Waals surface area contributed by atoms with Crippen molar-refractivity contribution < 1.29 is 19.5 Å². The predicted octanol–water partition coefficient (Wildman–Crippen LogP) is 0.596. The molecule has 1 fully saturated rings. The number of aromatic nitrogens is 4. The molecule has 25 heavy (non-hydrogen) atoms. The van der Waals surface area contributed by atoms with Crippen LogP contribution in [0.5, 0.6) is 0 Å². The minimum absolute atomic E-state index is 0.131. The van der Waals surface area contributed by atoms with Crippen molar-refractivity contribution in [2.45, 2.75) is 37.2 Å². The smallest absolute Gasteiger partial charge is 0.354 e. The third-order valence-electron chi connectivity index (χ3n) is 4.54. The maximum atomic E-state index is 11.3. The number of nitrogens with one attached hydrogen (secondary N) is 1. The molecule has 2 aromatic rings. The number of aliphatic hydroxyl groups excluding tert-OH is 1. The molecule has 0 aromatic carbocycles. The maximum Gasteiger partial charge on any atom is 0.354 e. The summed E-state index contributed by atoms with van der Waals surface area (Å²) >= 11 is 0. The quantitative estimate of drug-likeness (QED) is 0.377. The molecule has 1 unspecified atom stereocenters. The minimum Gasteiger partial charge on any atom is -0.380 e. The van der Waals surface area contributed by atoms with E-state index in [9.17, 15) is 9.67 Å². The van der Waals surface area contributed by atoms with Gasteiger partial charge in [0.25, 0.3) is 0 Å². The van der Waals surface area contributed by atoms with Gasteiger partial charge in [-0.25, -0.2) is 4.98 Å². The Morgan fingerprint density at radius 3 is 2.76 bits per heavy atom. The number of nitrogen functional groups attached to an aromatic ring is 1. The van der Waals surface area contributed by atoms with Crippen LogP contribution in [0.2, 0.25) is 0 Å². The predicted molar refractivity (Wildman–Crippen MR) is 90.7 cm³/mol. The Morgan fingerprint density at radius 1 is 1.32 bits per heavy atom. The molecule has 2 aliphatic rings. The van der Waals surface area contributed by atoms with Gasteiger partial charge < -0.3 is 30.5 Å². The number of nitrogens with two attached hydrogens (primary N) is 1. The number of hydrogen-bond donors (Lipinski definition) is 5. The fourth-order valence-corrected chi connectivity index (χ4v) is 3.80. The largest absolute Gasteiger partial charge is 0.380 e. The number of hydrogen-bond acceptors (Lipinski definition) is 7. The molecule has 134 valence electrons. The molecule has 4 rings (SSSR count). The number of allylic oxidation sites excluding steroid dienone is 1. The van der Waals surface area contributed by atoms with Gasteiger partial charge >= 0.3 is 7.60 Å². The molecule has 11 heteroatoms. The lowest BCUT2D eigenvalue weighted by atomic mass is 10.1. The van der Waals surface area contributed by atoms with Gasteiger partial charge in [0.1, 0.15) is 0 Å². The van der Waals surface area contributed by atoms with Crippen molar-refractivity contribution in [2.75, 3.05) is 11.1 Å². The van der Waals surface area contributed by atoms with Gasteiger partial charge in [-0.2, -0.15) is 9.97 Å². The van der Waals surface area contributed by atoms with Gasteiger partial charge in [0.15, 0.2) is 22.8 Å². The SMILES string of the molecule is Nc1nc(NC2CC2)c2ncn([C@H]3C=C[C@@H](C(O)P(=O)(O)O)C3)c2n1. The summed E-state index contributed by atoms with van der Waals surface area (Å²) in [6.07, 6.45) is 7.52. The van der Waals surface area contributed by atoms with E-state index in [1.165, 1.54) is 0 Å². The van der Waals surface area contributed by atoms with Crippen molar-refractivity contribution in [2.24, 2.45) is 5.92 Å². The molecular weight excluding hydrogens is 347 g/mol. The van der Waals surface area contributed by atoms with Gasteiger partial charge in [0, 0.05) is 12.0 Å². The second kappa shape index (κ2) is 5.77. The standard InChI is InChI=1S/C14H19N6O4P/c15-14-18-11(17-8-2-3-8)10-12(19-14)20(6-16-10)9-4-1-7(5-9)13(21)25(22,23)24/h1,4,6-9,13,21H,2-3,5H2,(H2,22,23,24)(H3,15,17,18,19)/t7-,9+,13?/m1/s1. The van der Waals surface area contributed by atoms with Crippen LogP contribution in [0.3, 0.4) is 0 Å². The summed E-state index contributed by atoms with van der Waals surface area (Å²) in [6, 6.07) is 0.163. The molecule has 2 aromatic heterocycles. The Morgan fingerprint density at radius 2 is 2.08 bits per heavy atom. The fourth-order valence-electron chi connectivity index (χ4n) is 3.08. The summed E-state index contributed by atoms with van der Waals surface area (Å²) in [6.45, 7) is 0. The Kier molecular flexibility index (Phi) is 3.80. The molecule has 3 atom stereocenters. The number of fused-ring (bicyclic) bond motifs is 1. The van der Waals surface area contributed by atoms with E-state index >= 15 is 0 Å². The van der Waals surface area contributed by atoms with Crippen LogP contribution in [0.4, 0.5) is 11.8 Å².